The summed E-state index contributed by atoms with van der Waals surface area (Å²) in [6, 6.07) is 21.8. The normalized spacial score (nSPS) is 15.1. The van der Waals surface area contributed by atoms with E-state index in [9.17, 15) is 9.59 Å². The van der Waals surface area contributed by atoms with Gasteiger partial charge in [-0.15, -0.1) is 0 Å². The Hall–Kier alpha value is -3.33. The summed E-state index contributed by atoms with van der Waals surface area (Å²) in [6.07, 6.45) is 1.79. The van der Waals surface area contributed by atoms with E-state index >= 15 is 0 Å². The number of benzene rings is 3. The number of thiocarbonyl (C=S) groups is 1. The van der Waals surface area contributed by atoms with Crippen LogP contribution in [0, 0.1) is 0 Å². The van der Waals surface area contributed by atoms with E-state index in [1.807, 2.05) is 44.2 Å². The van der Waals surface area contributed by atoms with Gasteiger partial charge in [0.2, 0.25) is 0 Å². The molecule has 0 radical (unpaired) electrons. The number of amides is 2. The van der Waals surface area contributed by atoms with Gasteiger partial charge >= 0.3 is 0 Å². The van der Waals surface area contributed by atoms with Crippen LogP contribution in [0.4, 0.5) is 5.69 Å². The quantitative estimate of drug-likeness (QED) is 0.235. The number of carbonyl (C=O) groups is 2. The molecule has 1 fully saturated rings. The highest BCUT2D eigenvalue weighted by atomic mass is 35.5. The maximum atomic E-state index is 13.2. The van der Waals surface area contributed by atoms with Crippen LogP contribution in [0.15, 0.2) is 77.7 Å². The Kier molecular flexibility index (Phi) is 8.87. The van der Waals surface area contributed by atoms with Crippen molar-refractivity contribution < 1.29 is 19.1 Å². The zero-order chi connectivity index (χ0) is 26.4. The number of halogens is 1. The van der Waals surface area contributed by atoms with E-state index in [4.69, 9.17) is 33.3 Å². The van der Waals surface area contributed by atoms with Crippen LogP contribution < -0.4 is 14.8 Å². The lowest BCUT2D eigenvalue weighted by molar-refractivity contribution is -0.123. The molecule has 0 aromatic heterocycles. The van der Waals surface area contributed by atoms with Crippen LogP contribution in [-0.4, -0.2) is 34.2 Å². The number of anilines is 1. The van der Waals surface area contributed by atoms with Gasteiger partial charge in [0.1, 0.15) is 4.32 Å². The van der Waals surface area contributed by atoms with Gasteiger partial charge in [0.25, 0.3) is 11.8 Å². The van der Waals surface area contributed by atoms with Crippen LogP contribution in [0.2, 0.25) is 5.02 Å². The SMILES string of the molecule is CCOc1cc(/C=C2\SC(=S)N([C@@H](C)c3ccccc3)C2=O)ccc1OCC(=O)Nc1cccc(Cl)c1. The van der Waals surface area contributed by atoms with Gasteiger partial charge in [0.15, 0.2) is 18.1 Å². The highest BCUT2D eigenvalue weighted by Gasteiger charge is 2.35. The molecule has 1 heterocycles. The number of nitrogens with zero attached hydrogens (tertiary/aromatic N) is 1. The van der Waals surface area contributed by atoms with E-state index in [1.165, 1.54) is 11.8 Å². The van der Waals surface area contributed by atoms with E-state index in [0.29, 0.717) is 38.0 Å². The summed E-state index contributed by atoms with van der Waals surface area (Å²) < 4.78 is 12.0. The topological polar surface area (TPSA) is 67.9 Å². The van der Waals surface area contributed by atoms with Crippen molar-refractivity contribution in [3.63, 3.8) is 0 Å². The van der Waals surface area contributed by atoms with E-state index in [-0.39, 0.29) is 24.5 Å². The molecule has 1 aliphatic heterocycles. The first kappa shape index (κ1) is 26.7. The summed E-state index contributed by atoms with van der Waals surface area (Å²) in [7, 11) is 0. The summed E-state index contributed by atoms with van der Waals surface area (Å²) in [6.45, 7) is 4.02. The van der Waals surface area contributed by atoms with E-state index in [2.05, 4.69) is 5.32 Å². The summed E-state index contributed by atoms with van der Waals surface area (Å²) in [4.78, 5) is 27.7. The second-order valence-corrected chi connectivity index (χ2v) is 10.2. The van der Waals surface area contributed by atoms with E-state index in [1.54, 1.807) is 53.4 Å². The van der Waals surface area contributed by atoms with Gasteiger partial charge in [-0.3, -0.25) is 14.5 Å². The molecule has 3 aromatic carbocycles. The smallest absolute Gasteiger partial charge is 0.266 e. The van der Waals surface area contributed by atoms with Crippen molar-refractivity contribution in [2.24, 2.45) is 0 Å². The lowest BCUT2D eigenvalue weighted by Gasteiger charge is -2.23. The molecular formula is C28H25ClN2O4S2. The monoisotopic (exact) mass is 552 g/mol. The molecule has 0 unspecified atom stereocenters. The Bertz CT molecular complexity index is 1350. The lowest BCUT2D eigenvalue weighted by atomic mass is 10.1. The highest BCUT2D eigenvalue weighted by molar-refractivity contribution is 8.26. The molecule has 1 N–H and O–H groups in total. The largest absolute Gasteiger partial charge is 0.490 e. The van der Waals surface area contributed by atoms with Crippen molar-refractivity contribution in [2.75, 3.05) is 18.5 Å². The van der Waals surface area contributed by atoms with Crippen LogP contribution >= 0.6 is 35.6 Å². The molecule has 0 saturated carbocycles. The average molecular weight is 553 g/mol. The van der Waals surface area contributed by atoms with Crippen LogP contribution in [-0.2, 0) is 9.59 Å². The van der Waals surface area contributed by atoms with Crippen molar-refractivity contribution in [3.05, 3.63) is 93.9 Å². The van der Waals surface area contributed by atoms with Crippen LogP contribution in [0.1, 0.15) is 31.0 Å². The fraction of sp³-hybridized carbons (Fsp3) is 0.179. The third kappa shape index (κ3) is 6.71. The van der Waals surface area contributed by atoms with Crippen LogP contribution in [0.25, 0.3) is 6.08 Å². The van der Waals surface area contributed by atoms with Gasteiger partial charge in [0.05, 0.1) is 17.6 Å². The van der Waals surface area contributed by atoms with E-state index < -0.39 is 0 Å². The minimum atomic E-state index is -0.329. The van der Waals surface area contributed by atoms with Crippen molar-refractivity contribution in [3.8, 4) is 11.5 Å². The third-order valence-electron chi connectivity index (χ3n) is 5.53. The second kappa shape index (κ2) is 12.3. The summed E-state index contributed by atoms with van der Waals surface area (Å²) >= 11 is 12.8. The van der Waals surface area contributed by atoms with Crippen molar-refractivity contribution in [1.82, 2.24) is 4.90 Å². The molecule has 2 amide bonds. The lowest BCUT2D eigenvalue weighted by Crippen LogP contribution is -2.30. The fourth-order valence-electron chi connectivity index (χ4n) is 3.75. The van der Waals surface area contributed by atoms with Crippen molar-refractivity contribution in [1.29, 1.82) is 0 Å². The van der Waals surface area contributed by atoms with Gasteiger partial charge in [-0.1, -0.05) is 78.0 Å². The second-order valence-electron chi connectivity index (χ2n) is 8.12. The Balaban J connectivity index is 1.46. The molecule has 1 atom stereocenters. The molecular weight excluding hydrogens is 528 g/mol. The first-order chi connectivity index (χ1) is 17.9. The standard InChI is InChI=1S/C28H25ClN2O4S2/c1-3-34-24-14-19(12-13-23(24)35-17-26(32)30-22-11-7-10-21(29)16-22)15-25-27(33)31(28(36)37-25)18(2)20-8-5-4-6-9-20/h4-16,18H,3,17H2,1-2H3,(H,30,32)/b25-15-/t18-/m0/s1. The minimum Gasteiger partial charge on any atom is -0.490 e. The third-order valence-corrected chi connectivity index (χ3v) is 7.09. The number of hydrogen-bond donors (Lipinski definition) is 1. The Labute approximate surface area is 230 Å². The van der Waals surface area contributed by atoms with Gasteiger partial charge < -0.3 is 14.8 Å². The minimum absolute atomic E-state index is 0.137. The first-order valence-electron chi connectivity index (χ1n) is 11.6. The summed E-state index contributed by atoms with van der Waals surface area (Å²) in [5.41, 5.74) is 2.35. The zero-order valence-electron chi connectivity index (χ0n) is 20.3. The molecule has 3 aromatic rings. The molecule has 190 valence electrons. The number of hydrogen-bond acceptors (Lipinski definition) is 6. The number of carbonyl (C=O) groups excluding carboxylic acids is 2. The van der Waals surface area contributed by atoms with E-state index in [0.717, 1.165) is 11.1 Å². The molecule has 37 heavy (non-hydrogen) atoms. The number of thioether (sulfide) groups is 1. The molecule has 6 nitrogen and oxygen atoms in total. The molecule has 9 heteroatoms. The average Bonchev–Trinajstić information content (AvgIpc) is 3.16. The van der Waals surface area contributed by atoms with Crippen LogP contribution in [0.3, 0.4) is 0 Å². The van der Waals surface area contributed by atoms with Crippen molar-refractivity contribution in [2.45, 2.75) is 19.9 Å². The number of ether oxygens (including phenoxy) is 2. The highest BCUT2D eigenvalue weighted by Crippen LogP contribution is 2.39. The van der Waals surface area contributed by atoms with Gasteiger partial charge in [-0.05, 0) is 61.4 Å². The molecule has 1 aliphatic rings. The summed E-state index contributed by atoms with van der Waals surface area (Å²) in [5, 5.41) is 3.27. The van der Waals surface area contributed by atoms with Crippen LogP contribution in [0.5, 0.6) is 11.5 Å². The molecule has 0 bridgehead atoms. The Morgan fingerprint density at radius 1 is 1.08 bits per heavy atom. The molecule has 1 saturated heterocycles. The maximum absolute atomic E-state index is 13.2. The molecule has 4 rings (SSSR count). The predicted molar refractivity (Wildman–Crippen MR) is 153 cm³/mol. The molecule has 0 aliphatic carbocycles. The van der Waals surface area contributed by atoms with Gasteiger partial charge in [-0.2, -0.15) is 0 Å². The van der Waals surface area contributed by atoms with Crippen molar-refractivity contribution >= 4 is 63.5 Å². The van der Waals surface area contributed by atoms with Gasteiger partial charge in [-0.25, -0.2) is 0 Å². The summed E-state index contributed by atoms with van der Waals surface area (Å²) in [5.74, 6) is 0.428. The predicted octanol–water partition coefficient (Wildman–Crippen LogP) is 6.72. The fourth-order valence-corrected chi connectivity index (χ4v) is 5.36. The number of nitrogens with one attached hydrogen (secondary N) is 1. The first-order valence-corrected chi connectivity index (χ1v) is 13.2. The zero-order valence-corrected chi connectivity index (χ0v) is 22.7. The Morgan fingerprint density at radius 2 is 1.86 bits per heavy atom. The number of rotatable bonds is 9. The Morgan fingerprint density at radius 3 is 2.59 bits per heavy atom. The van der Waals surface area contributed by atoms with Gasteiger partial charge in [0, 0.05) is 10.7 Å². The molecule has 0 spiro atoms. The maximum Gasteiger partial charge on any atom is 0.266 e.